The molecule has 0 aromatic carbocycles. The van der Waals surface area contributed by atoms with Gasteiger partial charge in [0.15, 0.2) is 0 Å². The molecule has 0 aromatic heterocycles. The van der Waals surface area contributed by atoms with Gasteiger partial charge in [0.05, 0.1) is 0 Å². The Morgan fingerprint density at radius 3 is 2.00 bits per heavy atom. The maximum absolute atomic E-state index is 4.06. The second-order valence-electron chi connectivity index (χ2n) is 8.35. The van der Waals surface area contributed by atoms with Crippen molar-refractivity contribution in [3.63, 3.8) is 0 Å². The highest BCUT2D eigenvalue weighted by molar-refractivity contribution is 6.18. The minimum absolute atomic E-state index is 0.289. The van der Waals surface area contributed by atoms with Gasteiger partial charge in [-0.05, 0) is 70.5 Å². The fourth-order valence-electron chi connectivity index (χ4n) is 6.01. The molecular formula is C16H33N3Si. The Morgan fingerprint density at radius 1 is 1.00 bits per heavy atom. The lowest BCUT2D eigenvalue weighted by Crippen LogP contribution is -2.88. The predicted octanol–water partition coefficient (Wildman–Crippen LogP) is 0.434. The smallest absolute Gasteiger partial charge is 0.0361 e. The highest BCUT2D eigenvalue weighted by Crippen LogP contribution is 2.60. The molecule has 0 spiro atoms. The summed E-state index contributed by atoms with van der Waals surface area (Å²) in [6, 6.07) is 0. The summed E-state index contributed by atoms with van der Waals surface area (Å²) in [5.74, 6) is 2.60. The lowest BCUT2D eigenvalue weighted by Gasteiger charge is -2.72. The van der Waals surface area contributed by atoms with Crippen LogP contribution in [0.25, 0.3) is 0 Å². The van der Waals surface area contributed by atoms with Crippen molar-refractivity contribution in [2.24, 2.45) is 17.8 Å². The monoisotopic (exact) mass is 295 g/mol. The van der Waals surface area contributed by atoms with Gasteiger partial charge >= 0.3 is 0 Å². The molecule has 4 aliphatic carbocycles. The van der Waals surface area contributed by atoms with E-state index in [-0.39, 0.29) is 5.16 Å². The van der Waals surface area contributed by atoms with Crippen LogP contribution in [0, 0.1) is 17.8 Å². The minimum atomic E-state index is 0.289. The number of nitrogens with one attached hydrogen (secondary N) is 3. The molecule has 0 aromatic rings. The summed E-state index contributed by atoms with van der Waals surface area (Å²) in [6.45, 7) is 5.82. The summed E-state index contributed by atoms with van der Waals surface area (Å²) in [6.07, 6.45) is 7.04. The Balaban J connectivity index is 1.98. The Kier molecular flexibility index (Phi) is 3.60. The van der Waals surface area contributed by atoms with Crippen molar-refractivity contribution in [3.05, 3.63) is 0 Å². The topological polar surface area (TPSA) is 36.1 Å². The summed E-state index contributed by atoms with van der Waals surface area (Å²) < 4.78 is 0. The third-order valence-corrected chi connectivity index (χ3v) is 9.37. The Bertz CT molecular complexity index is 370. The van der Waals surface area contributed by atoms with Gasteiger partial charge in [-0.25, -0.2) is 0 Å². The molecule has 4 heteroatoms. The fraction of sp³-hybridized carbons (Fsp3) is 1.00. The Morgan fingerprint density at radius 2 is 1.55 bits per heavy atom. The van der Waals surface area contributed by atoms with Crippen LogP contribution in [0.3, 0.4) is 0 Å². The molecule has 3 unspecified atom stereocenters. The maximum Gasteiger partial charge on any atom is 0.0361 e. The molecule has 0 radical (unpaired) electrons. The molecule has 0 aliphatic heterocycles. The number of hydrogen-bond donors (Lipinski definition) is 3. The van der Waals surface area contributed by atoms with E-state index in [0.717, 1.165) is 24.3 Å². The molecule has 20 heavy (non-hydrogen) atoms. The average molecular weight is 296 g/mol. The van der Waals surface area contributed by atoms with Crippen LogP contribution in [0.1, 0.15) is 46.0 Å². The van der Waals surface area contributed by atoms with Crippen LogP contribution < -0.4 is 16.0 Å². The van der Waals surface area contributed by atoms with Crippen molar-refractivity contribution in [2.45, 2.75) is 62.2 Å². The lowest BCUT2D eigenvalue weighted by atomic mass is 9.47. The molecular weight excluding hydrogens is 262 g/mol. The molecule has 0 heterocycles. The first-order valence-corrected chi connectivity index (χ1v) is 9.53. The first-order chi connectivity index (χ1) is 9.40. The molecule has 4 rings (SSSR count). The molecule has 4 bridgehead atoms. The van der Waals surface area contributed by atoms with Gasteiger partial charge in [-0.3, -0.25) is 0 Å². The van der Waals surface area contributed by atoms with E-state index in [4.69, 9.17) is 0 Å². The SMILES string of the molecule is CNC12CC3CC(C1)CC(NCC(C)C)(C3)C2([SiH3])NC. The van der Waals surface area contributed by atoms with Gasteiger partial charge in [-0.15, -0.1) is 0 Å². The zero-order chi connectivity index (χ0) is 14.6. The molecule has 3 nitrogen and oxygen atoms in total. The van der Waals surface area contributed by atoms with Crippen molar-refractivity contribution < 1.29 is 0 Å². The summed E-state index contributed by atoms with van der Waals surface area (Å²) in [5.41, 5.74) is 0.674. The largest absolute Gasteiger partial charge is 0.314 e. The highest BCUT2D eigenvalue weighted by atomic mass is 28.1. The van der Waals surface area contributed by atoms with E-state index < -0.39 is 0 Å². The van der Waals surface area contributed by atoms with Gasteiger partial charge in [0.1, 0.15) is 0 Å². The third kappa shape index (κ3) is 1.81. The molecule has 3 atom stereocenters. The molecule has 3 N–H and O–H groups in total. The van der Waals surface area contributed by atoms with E-state index in [1.165, 1.54) is 42.3 Å². The van der Waals surface area contributed by atoms with Gasteiger partial charge in [0, 0.05) is 26.5 Å². The molecule has 0 saturated heterocycles. The summed E-state index contributed by atoms with van der Waals surface area (Å²) in [7, 11) is 5.60. The van der Waals surface area contributed by atoms with Crippen molar-refractivity contribution in [3.8, 4) is 0 Å². The van der Waals surface area contributed by atoms with Crippen LogP contribution >= 0.6 is 0 Å². The van der Waals surface area contributed by atoms with Gasteiger partial charge in [-0.1, -0.05) is 13.8 Å². The van der Waals surface area contributed by atoms with E-state index in [9.17, 15) is 0 Å². The minimum Gasteiger partial charge on any atom is -0.314 e. The second kappa shape index (κ2) is 4.80. The van der Waals surface area contributed by atoms with Gasteiger partial charge in [-0.2, -0.15) is 0 Å². The zero-order valence-electron chi connectivity index (χ0n) is 14.0. The number of likely N-dealkylation sites (N-methyl/N-ethyl adjacent to an activating group) is 2. The van der Waals surface area contributed by atoms with Crippen LogP contribution in [0.2, 0.25) is 0 Å². The van der Waals surface area contributed by atoms with Gasteiger partial charge in [0.2, 0.25) is 0 Å². The summed E-state index contributed by atoms with van der Waals surface area (Å²) in [4.78, 5) is 0. The van der Waals surface area contributed by atoms with Crippen molar-refractivity contribution >= 4 is 10.2 Å². The van der Waals surface area contributed by atoms with Crippen molar-refractivity contribution in [2.75, 3.05) is 20.6 Å². The van der Waals surface area contributed by atoms with Crippen LogP contribution in [-0.4, -0.2) is 47.1 Å². The second-order valence-corrected chi connectivity index (χ2v) is 9.85. The maximum atomic E-state index is 4.06. The molecule has 116 valence electrons. The fourth-order valence-corrected chi connectivity index (χ4v) is 7.26. The van der Waals surface area contributed by atoms with Crippen molar-refractivity contribution in [1.29, 1.82) is 0 Å². The van der Waals surface area contributed by atoms with Gasteiger partial charge < -0.3 is 16.0 Å². The summed E-state index contributed by atoms with van der Waals surface area (Å²) in [5, 5.41) is 12.0. The van der Waals surface area contributed by atoms with E-state index in [2.05, 4.69) is 43.9 Å². The first kappa shape index (κ1) is 15.0. The van der Waals surface area contributed by atoms with E-state index in [0.29, 0.717) is 11.1 Å². The standard InChI is InChI=1S/C16H33N3Si/c1-11(2)10-19-15-8-12-5-13(9-15)7-14(6-12,17-3)16(15,20)18-4/h11-13,17-19H,5-10H2,1-4,20H3. The molecule has 0 amide bonds. The van der Waals surface area contributed by atoms with Crippen LogP contribution in [0.5, 0.6) is 0 Å². The Labute approximate surface area is 127 Å². The van der Waals surface area contributed by atoms with Gasteiger partial charge in [0.25, 0.3) is 0 Å². The lowest BCUT2D eigenvalue weighted by molar-refractivity contribution is -0.0974. The number of rotatable bonds is 5. The summed E-state index contributed by atoms with van der Waals surface area (Å²) >= 11 is 0. The highest BCUT2D eigenvalue weighted by Gasteiger charge is 2.68. The molecule has 4 aliphatic rings. The van der Waals surface area contributed by atoms with E-state index in [1.54, 1.807) is 0 Å². The quantitative estimate of drug-likeness (QED) is 0.644. The first-order valence-electron chi connectivity index (χ1n) is 8.53. The van der Waals surface area contributed by atoms with E-state index in [1.807, 2.05) is 0 Å². The van der Waals surface area contributed by atoms with Crippen LogP contribution in [0.15, 0.2) is 0 Å². The van der Waals surface area contributed by atoms with E-state index >= 15 is 0 Å². The Hall–Kier alpha value is 0.0969. The normalized spacial score (nSPS) is 50.2. The number of hydrogen-bond acceptors (Lipinski definition) is 3. The predicted molar refractivity (Wildman–Crippen MR) is 89.2 cm³/mol. The van der Waals surface area contributed by atoms with Crippen LogP contribution in [0.4, 0.5) is 0 Å². The molecule has 4 fully saturated rings. The van der Waals surface area contributed by atoms with Crippen LogP contribution in [-0.2, 0) is 0 Å². The average Bonchev–Trinajstić information content (AvgIpc) is 2.41. The molecule has 4 saturated carbocycles. The van der Waals surface area contributed by atoms with Crippen molar-refractivity contribution in [1.82, 2.24) is 16.0 Å². The zero-order valence-corrected chi connectivity index (χ0v) is 16.0. The third-order valence-electron chi connectivity index (χ3n) is 6.96.